The van der Waals surface area contributed by atoms with Gasteiger partial charge in [-0.05, 0) is 13.3 Å². The predicted octanol–water partition coefficient (Wildman–Crippen LogP) is 0.949. The number of carbonyl (C=O) groups is 1. The van der Waals surface area contributed by atoms with Gasteiger partial charge >= 0.3 is 5.97 Å². The molecule has 1 aliphatic heterocycles. The van der Waals surface area contributed by atoms with E-state index in [0.29, 0.717) is 19.6 Å². The molecule has 76 valence electrons. The number of hydrogen-bond acceptors (Lipinski definition) is 4. The maximum absolute atomic E-state index is 11.3. The van der Waals surface area contributed by atoms with Crippen molar-refractivity contribution in [2.75, 3.05) is 20.3 Å². The molecule has 0 bridgehead atoms. The fourth-order valence-electron chi connectivity index (χ4n) is 1.59. The van der Waals surface area contributed by atoms with Crippen molar-refractivity contribution >= 4 is 5.97 Å². The molecule has 1 aliphatic rings. The Labute approximate surface area is 78.2 Å². The van der Waals surface area contributed by atoms with Crippen molar-refractivity contribution in [2.45, 2.75) is 26.1 Å². The van der Waals surface area contributed by atoms with Crippen molar-refractivity contribution in [1.29, 1.82) is 0 Å². The lowest BCUT2D eigenvalue weighted by molar-refractivity contribution is -0.206. The second-order valence-electron chi connectivity index (χ2n) is 3.11. The van der Waals surface area contributed by atoms with Gasteiger partial charge in [0.25, 0.3) is 0 Å². The Bertz CT molecular complexity index is 184. The number of carbonyl (C=O) groups excluding carboxylic acids is 1. The van der Waals surface area contributed by atoms with Crippen LogP contribution in [0.3, 0.4) is 0 Å². The summed E-state index contributed by atoms with van der Waals surface area (Å²) >= 11 is 0. The Morgan fingerprint density at radius 2 is 2.08 bits per heavy atom. The van der Waals surface area contributed by atoms with Gasteiger partial charge in [-0.25, -0.2) is 0 Å². The topological polar surface area (TPSA) is 44.8 Å². The van der Waals surface area contributed by atoms with E-state index in [2.05, 4.69) is 4.74 Å². The predicted molar refractivity (Wildman–Crippen MR) is 46.1 cm³/mol. The van der Waals surface area contributed by atoms with E-state index in [1.165, 1.54) is 7.11 Å². The van der Waals surface area contributed by atoms with Gasteiger partial charge in [0.1, 0.15) is 5.92 Å². The first-order valence-electron chi connectivity index (χ1n) is 4.52. The van der Waals surface area contributed by atoms with Crippen LogP contribution in [-0.4, -0.2) is 32.1 Å². The van der Waals surface area contributed by atoms with Gasteiger partial charge in [-0.2, -0.15) is 0 Å². The highest BCUT2D eigenvalue weighted by Gasteiger charge is 2.44. The molecule has 1 heterocycles. The smallest absolute Gasteiger partial charge is 0.313 e. The second kappa shape index (κ2) is 4.07. The lowest BCUT2D eigenvalue weighted by atomic mass is 9.98. The molecule has 0 aliphatic carbocycles. The van der Waals surface area contributed by atoms with E-state index in [1.54, 1.807) is 6.92 Å². The molecular weight excluding hydrogens is 172 g/mol. The summed E-state index contributed by atoms with van der Waals surface area (Å²) in [5, 5.41) is 0. The molecule has 4 nitrogen and oxygen atoms in total. The largest absolute Gasteiger partial charge is 0.469 e. The van der Waals surface area contributed by atoms with Gasteiger partial charge in [0.15, 0.2) is 5.79 Å². The Balaban J connectivity index is 2.70. The fraction of sp³-hybridized carbons (Fsp3) is 0.889. The fourth-order valence-corrected chi connectivity index (χ4v) is 1.59. The highest BCUT2D eigenvalue weighted by molar-refractivity contribution is 5.73. The van der Waals surface area contributed by atoms with E-state index in [9.17, 15) is 4.79 Å². The molecule has 0 radical (unpaired) electrons. The van der Waals surface area contributed by atoms with Gasteiger partial charge < -0.3 is 14.2 Å². The van der Waals surface area contributed by atoms with Crippen LogP contribution >= 0.6 is 0 Å². The number of esters is 1. The molecule has 4 heteroatoms. The van der Waals surface area contributed by atoms with Gasteiger partial charge in [-0.1, -0.05) is 6.92 Å². The van der Waals surface area contributed by atoms with Crippen LogP contribution in [0.5, 0.6) is 0 Å². The highest BCUT2D eigenvalue weighted by Crippen LogP contribution is 2.32. The molecule has 1 rings (SSSR count). The van der Waals surface area contributed by atoms with Gasteiger partial charge in [-0.3, -0.25) is 4.79 Å². The molecular formula is C9H16O4. The molecule has 0 aromatic carbocycles. The minimum atomic E-state index is -0.757. The molecule has 1 saturated heterocycles. The lowest BCUT2D eigenvalue weighted by Crippen LogP contribution is -2.41. The number of hydrogen-bond donors (Lipinski definition) is 0. The molecule has 1 unspecified atom stereocenters. The number of rotatable bonds is 3. The van der Waals surface area contributed by atoms with Gasteiger partial charge in [0.2, 0.25) is 0 Å². The molecule has 13 heavy (non-hydrogen) atoms. The van der Waals surface area contributed by atoms with Gasteiger partial charge in [0, 0.05) is 0 Å². The van der Waals surface area contributed by atoms with E-state index in [-0.39, 0.29) is 11.9 Å². The minimum absolute atomic E-state index is 0.288. The number of ether oxygens (including phenoxy) is 3. The van der Waals surface area contributed by atoms with Crippen molar-refractivity contribution in [3.8, 4) is 0 Å². The molecule has 0 amide bonds. The SMILES string of the molecule is CCC1(C(C)C(=O)OC)OCCO1. The summed E-state index contributed by atoms with van der Waals surface area (Å²) in [4.78, 5) is 11.3. The van der Waals surface area contributed by atoms with E-state index < -0.39 is 5.79 Å². The Hall–Kier alpha value is -0.610. The van der Waals surface area contributed by atoms with Gasteiger partial charge in [-0.15, -0.1) is 0 Å². The van der Waals surface area contributed by atoms with E-state index in [4.69, 9.17) is 9.47 Å². The molecule has 0 spiro atoms. The third-order valence-electron chi connectivity index (χ3n) is 2.48. The lowest BCUT2D eigenvalue weighted by Gasteiger charge is -2.30. The van der Waals surface area contributed by atoms with Crippen molar-refractivity contribution in [3.05, 3.63) is 0 Å². The molecule has 0 aromatic rings. The minimum Gasteiger partial charge on any atom is -0.469 e. The number of methoxy groups -OCH3 is 1. The molecule has 0 saturated carbocycles. The summed E-state index contributed by atoms with van der Waals surface area (Å²) in [6.07, 6.45) is 0.656. The summed E-state index contributed by atoms with van der Waals surface area (Å²) in [5.41, 5.74) is 0. The van der Waals surface area contributed by atoms with Crippen molar-refractivity contribution < 1.29 is 19.0 Å². The summed E-state index contributed by atoms with van der Waals surface area (Å²) < 4.78 is 15.6. The molecule has 0 N–H and O–H groups in total. The first-order valence-corrected chi connectivity index (χ1v) is 4.52. The van der Waals surface area contributed by atoms with Crippen LogP contribution in [0.25, 0.3) is 0 Å². The molecule has 0 aromatic heterocycles. The second-order valence-corrected chi connectivity index (χ2v) is 3.11. The maximum atomic E-state index is 11.3. The quantitative estimate of drug-likeness (QED) is 0.618. The van der Waals surface area contributed by atoms with Crippen LogP contribution < -0.4 is 0 Å². The van der Waals surface area contributed by atoms with Crippen molar-refractivity contribution in [2.24, 2.45) is 5.92 Å². The van der Waals surface area contributed by atoms with Crippen LogP contribution in [0.2, 0.25) is 0 Å². The Morgan fingerprint density at radius 3 is 2.46 bits per heavy atom. The third-order valence-corrected chi connectivity index (χ3v) is 2.48. The van der Waals surface area contributed by atoms with Crippen LogP contribution in [0.15, 0.2) is 0 Å². The van der Waals surface area contributed by atoms with Gasteiger partial charge in [0.05, 0.1) is 20.3 Å². The van der Waals surface area contributed by atoms with Crippen molar-refractivity contribution in [1.82, 2.24) is 0 Å². The van der Waals surface area contributed by atoms with E-state index in [1.807, 2.05) is 6.92 Å². The zero-order valence-corrected chi connectivity index (χ0v) is 8.33. The first kappa shape index (κ1) is 10.5. The molecule has 1 atom stereocenters. The monoisotopic (exact) mass is 188 g/mol. The first-order chi connectivity index (χ1) is 6.16. The van der Waals surface area contributed by atoms with E-state index >= 15 is 0 Å². The van der Waals surface area contributed by atoms with Crippen LogP contribution in [0.1, 0.15) is 20.3 Å². The molecule has 1 fully saturated rings. The highest BCUT2D eigenvalue weighted by atomic mass is 16.7. The third kappa shape index (κ3) is 1.84. The summed E-state index contributed by atoms with van der Waals surface area (Å²) in [6.45, 7) is 4.80. The Kier molecular flexibility index (Phi) is 3.27. The summed E-state index contributed by atoms with van der Waals surface area (Å²) in [6, 6.07) is 0. The summed E-state index contributed by atoms with van der Waals surface area (Å²) in [7, 11) is 1.37. The standard InChI is InChI=1S/C9H16O4/c1-4-9(12-5-6-13-9)7(2)8(10)11-3/h7H,4-6H2,1-3H3. The van der Waals surface area contributed by atoms with Crippen LogP contribution in [-0.2, 0) is 19.0 Å². The average Bonchev–Trinajstić information content (AvgIpc) is 2.65. The normalized spacial score (nSPS) is 22.7. The zero-order valence-electron chi connectivity index (χ0n) is 8.33. The van der Waals surface area contributed by atoms with Crippen LogP contribution in [0, 0.1) is 5.92 Å². The van der Waals surface area contributed by atoms with Crippen molar-refractivity contribution in [3.63, 3.8) is 0 Å². The average molecular weight is 188 g/mol. The summed E-state index contributed by atoms with van der Waals surface area (Å²) in [5.74, 6) is -1.42. The maximum Gasteiger partial charge on any atom is 0.313 e. The van der Waals surface area contributed by atoms with E-state index in [0.717, 1.165) is 0 Å². The Morgan fingerprint density at radius 1 is 1.54 bits per heavy atom. The zero-order chi connectivity index (χ0) is 9.90. The van der Waals surface area contributed by atoms with Crippen LogP contribution in [0.4, 0.5) is 0 Å².